The summed E-state index contributed by atoms with van der Waals surface area (Å²) in [5, 5.41) is 5.92. The first-order valence-corrected chi connectivity index (χ1v) is 9.92. The summed E-state index contributed by atoms with van der Waals surface area (Å²) >= 11 is 0. The minimum Gasteiger partial charge on any atom is -0.374 e. The van der Waals surface area contributed by atoms with Gasteiger partial charge in [0, 0.05) is 17.4 Å². The van der Waals surface area contributed by atoms with Crippen LogP contribution in [0.1, 0.15) is 26.3 Å². The fourth-order valence-corrected chi connectivity index (χ4v) is 3.65. The molecule has 26 heavy (non-hydrogen) atoms. The van der Waals surface area contributed by atoms with Crippen molar-refractivity contribution in [1.82, 2.24) is 4.72 Å². The molecule has 0 spiro atoms. The molecule has 0 aliphatic carbocycles. The van der Waals surface area contributed by atoms with E-state index >= 15 is 0 Å². The van der Waals surface area contributed by atoms with E-state index in [-0.39, 0.29) is 16.8 Å². The van der Waals surface area contributed by atoms with Crippen LogP contribution in [0, 0.1) is 6.92 Å². The van der Waals surface area contributed by atoms with Gasteiger partial charge >= 0.3 is 0 Å². The van der Waals surface area contributed by atoms with Crippen molar-refractivity contribution in [2.75, 3.05) is 10.6 Å². The Labute approximate surface area is 155 Å². The van der Waals surface area contributed by atoms with Gasteiger partial charge in [-0.2, -0.15) is 0 Å². The van der Waals surface area contributed by atoms with E-state index in [1.54, 1.807) is 32.9 Å². The molecule has 3 N–H and O–H groups in total. The van der Waals surface area contributed by atoms with E-state index < -0.39 is 16.1 Å². The lowest BCUT2D eigenvalue weighted by molar-refractivity contribution is -0.116. The highest BCUT2D eigenvalue weighted by Crippen LogP contribution is 2.16. The van der Waals surface area contributed by atoms with Gasteiger partial charge in [0.25, 0.3) is 0 Å². The highest BCUT2D eigenvalue weighted by Gasteiger charge is 2.16. The molecule has 2 aromatic rings. The first-order chi connectivity index (χ1) is 12.2. The number of nitrogens with one attached hydrogen (secondary N) is 3. The van der Waals surface area contributed by atoms with Gasteiger partial charge in [-0.05, 0) is 69.7 Å². The number of sulfonamides is 1. The lowest BCUT2D eigenvalue weighted by atomic mass is 10.2. The molecule has 0 bridgehead atoms. The number of aryl methyl sites for hydroxylation is 1. The normalized spacial score (nSPS) is 12.7. The smallest absolute Gasteiger partial charge is 0.246 e. The third-order valence-electron chi connectivity index (χ3n) is 3.62. The van der Waals surface area contributed by atoms with Gasteiger partial charge in [-0.15, -0.1) is 0 Å². The highest BCUT2D eigenvalue weighted by molar-refractivity contribution is 7.89. The van der Waals surface area contributed by atoms with Gasteiger partial charge in [-0.25, -0.2) is 13.1 Å². The molecule has 0 aliphatic rings. The van der Waals surface area contributed by atoms with Crippen molar-refractivity contribution in [2.24, 2.45) is 0 Å². The van der Waals surface area contributed by atoms with E-state index in [0.717, 1.165) is 11.3 Å². The molecule has 6 nitrogen and oxygen atoms in total. The minimum absolute atomic E-state index is 0.162. The van der Waals surface area contributed by atoms with Crippen LogP contribution in [0.4, 0.5) is 11.4 Å². The average molecular weight is 375 g/mol. The number of amides is 1. The van der Waals surface area contributed by atoms with Crippen LogP contribution >= 0.6 is 0 Å². The number of carbonyl (C=O) groups excluding carboxylic acids is 1. The van der Waals surface area contributed by atoms with Crippen LogP contribution in [0.25, 0.3) is 0 Å². The minimum atomic E-state index is -3.54. The van der Waals surface area contributed by atoms with Gasteiger partial charge in [-0.1, -0.05) is 12.1 Å². The Morgan fingerprint density at radius 3 is 2.19 bits per heavy atom. The summed E-state index contributed by atoms with van der Waals surface area (Å²) < 4.78 is 26.7. The standard InChI is InChI=1S/C19H25N3O3S/c1-13(2)22-26(24,25)18-10-8-16(9-11-18)21-19(23)15(4)20-17-7-5-6-14(3)12-17/h5-13,15,20,22H,1-4H3,(H,21,23). The number of anilines is 2. The van der Waals surface area contributed by atoms with Crippen molar-refractivity contribution >= 4 is 27.3 Å². The molecular formula is C19H25N3O3S. The van der Waals surface area contributed by atoms with Crippen molar-refractivity contribution in [3.05, 3.63) is 54.1 Å². The predicted molar refractivity (Wildman–Crippen MR) is 105 cm³/mol. The van der Waals surface area contributed by atoms with Gasteiger partial charge in [0.1, 0.15) is 6.04 Å². The zero-order valence-electron chi connectivity index (χ0n) is 15.4. The maximum Gasteiger partial charge on any atom is 0.246 e. The zero-order valence-corrected chi connectivity index (χ0v) is 16.2. The van der Waals surface area contributed by atoms with Gasteiger partial charge in [0.15, 0.2) is 0 Å². The van der Waals surface area contributed by atoms with Crippen molar-refractivity contribution in [3.63, 3.8) is 0 Å². The fraction of sp³-hybridized carbons (Fsp3) is 0.316. The van der Waals surface area contributed by atoms with Crippen molar-refractivity contribution in [2.45, 2.75) is 44.7 Å². The Morgan fingerprint density at radius 1 is 0.962 bits per heavy atom. The molecule has 0 fully saturated rings. The van der Waals surface area contributed by atoms with Gasteiger partial charge in [-0.3, -0.25) is 4.79 Å². The molecule has 2 aromatic carbocycles. The maximum atomic E-state index is 12.3. The first kappa shape index (κ1) is 19.9. The van der Waals surface area contributed by atoms with Crippen LogP contribution < -0.4 is 15.4 Å². The molecule has 1 unspecified atom stereocenters. The Balaban J connectivity index is 2.00. The van der Waals surface area contributed by atoms with Gasteiger partial charge in [0.2, 0.25) is 15.9 Å². The van der Waals surface area contributed by atoms with Gasteiger partial charge in [0.05, 0.1) is 4.90 Å². The number of carbonyl (C=O) groups is 1. The van der Waals surface area contributed by atoms with E-state index in [1.165, 1.54) is 12.1 Å². The molecule has 0 aromatic heterocycles. The Morgan fingerprint density at radius 2 is 1.62 bits per heavy atom. The molecule has 1 atom stereocenters. The predicted octanol–water partition coefficient (Wildman–Crippen LogP) is 3.12. The average Bonchev–Trinajstić information content (AvgIpc) is 2.54. The van der Waals surface area contributed by atoms with E-state index in [0.29, 0.717) is 5.69 Å². The number of benzene rings is 2. The van der Waals surface area contributed by atoms with E-state index in [4.69, 9.17) is 0 Å². The topological polar surface area (TPSA) is 87.3 Å². The van der Waals surface area contributed by atoms with Crippen LogP contribution in [-0.4, -0.2) is 26.4 Å². The summed E-state index contributed by atoms with van der Waals surface area (Å²) in [5.74, 6) is -0.206. The van der Waals surface area contributed by atoms with Crippen molar-refractivity contribution < 1.29 is 13.2 Å². The third-order valence-corrected chi connectivity index (χ3v) is 5.29. The SMILES string of the molecule is Cc1cccc(NC(C)C(=O)Nc2ccc(S(=O)(=O)NC(C)C)cc2)c1. The summed E-state index contributed by atoms with van der Waals surface area (Å²) in [4.78, 5) is 12.5. The largest absolute Gasteiger partial charge is 0.374 e. The molecule has 0 radical (unpaired) electrons. The number of hydrogen-bond donors (Lipinski definition) is 3. The summed E-state index contributed by atoms with van der Waals surface area (Å²) in [6.07, 6.45) is 0. The summed E-state index contributed by atoms with van der Waals surface area (Å²) in [7, 11) is -3.54. The van der Waals surface area contributed by atoms with Crippen molar-refractivity contribution in [1.29, 1.82) is 0 Å². The Hall–Kier alpha value is -2.38. The second-order valence-electron chi connectivity index (χ2n) is 6.53. The van der Waals surface area contributed by atoms with Crippen LogP contribution in [0.3, 0.4) is 0 Å². The first-order valence-electron chi connectivity index (χ1n) is 8.44. The lowest BCUT2D eigenvalue weighted by Gasteiger charge is -2.16. The van der Waals surface area contributed by atoms with E-state index in [2.05, 4.69) is 15.4 Å². The molecule has 140 valence electrons. The molecule has 0 aliphatic heterocycles. The fourth-order valence-electron chi connectivity index (χ4n) is 2.40. The maximum absolute atomic E-state index is 12.3. The second-order valence-corrected chi connectivity index (χ2v) is 8.24. The monoisotopic (exact) mass is 375 g/mol. The molecule has 2 rings (SSSR count). The van der Waals surface area contributed by atoms with E-state index in [9.17, 15) is 13.2 Å². The Bertz CT molecular complexity index is 862. The van der Waals surface area contributed by atoms with Crippen LogP contribution in [0.15, 0.2) is 53.4 Å². The summed E-state index contributed by atoms with van der Waals surface area (Å²) in [6, 6.07) is 13.2. The molecular weight excluding hydrogens is 350 g/mol. The Kier molecular flexibility index (Phi) is 6.39. The molecule has 0 heterocycles. The molecule has 0 saturated carbocycles. The van der Waals surface area contributed by atoms with E-state index in [1.807, 2.05) is 31.2 Å². The number of rotatable bonds is 7. The van der Waals surface area contributed by atoms with Gasteiger partial charge < -0.3 is 10.6 Å². The summed E-state index contributed by atoms with van der Waals surface area (Å²) in [6.45, 7) is 7.27. The number of hydrogen-bond acceptors (Lipinski definition) is 4. The van der Waals surface area contributed by atoms with Crippen molar-refractivity contribution in [3.8, 4) is 0 Å². The molecule has 1 amide bonds. The molecule has 0 saturated heterocycles. The summed E-state index contributed by atoms with van der Waals surface area (Å²) in [5.41, 5.74) is 2.51. The van der Waals surface area contributed by atoms with Crippen LogP contribution in [0.2, 0.25) is 0 Å². The van der Waals surface area contributed by atoms with Crippen LogP contribution in [0.5, 0.6) is 0 Å². The second kappa shape index (κ2) is 8.33. The highest BCUT2D eigenvalue weighted by atomic mass is 32.2. The van der Waals surface area contributed by atoms with Crippen LogP contribution in [-0.2, 0) is 14.8 Å². The third kappa shape index (κ3) is 5.57. The quantitative estimate of drug-likeness (QED) is 0.694. The zero-order chi connectivity index (χ0) is 19.3. The lowest BCUT2D eigenvalue weighted by Crippen LogP contribution is -2.32. The molecule has 7 heteroatoms.